The van der Waals surface area contributed by atoms with Gasteiger partial charge in [-0.05, 0) is 32.4 Å². The predicted molar refractivity (Wildman–Crippen MR) is 76.9 cm³/mol. The Hall–Kier alpha value is -0.290. The van der Waals surface area contributed by atoms with E-state index in [2.05, 4.69) is 5.32 Å². The average Bonchev–Trinajstić information content (AvgIpc) is 2.31. The first kappa shape index (κ1) is 17.8. The minimum absolute atomic E-state index is 0.0248. The minimum atomic E-state index is -4.10. The predicted octanol–water partition coefficient (Wildman–Crippen LogP) is 3.96. The van der Waals surface area contributed by atoms with Crippen molar-refractivity contribution in [2.24, 2.45) is 0 Å². The first-order valence-electron chi connectivity index (χ1n) is 8.02. The molecule has 0 aromatic rings. The van der Waals surface area contributed by atoms with Crippen molar-refractivity contribution in [1.29, 1.82) is 0 Å². The number of likely N-dealkylation sites (N-methyl/N-ethyl adjacent to an activating group) is 1. The Morgan fingerprint density at radius 2 is 1.70 bits per heavy atom. The van der Waals surface area contributed by atoms with Gasteiger partial charge in [-0.1, -0.05) is 39.5 Å². The molecule has 0 heterocycles. The van der Waals surface area contributed by atoms with Crippen LogP contribution in [0.3, 0.4) is 0 Å². The molecule has 0 aromatic heterocycles. The van der Waals surface area contributed by atoms with Gasteiger partial charge in [-0.3, -0.25) is 4.90 Å². The number of nitrogens with one attached hydrogen (secondary N) is 1. The minimum Gasteiger partial charge on any atom is -0.313 e. The number of rotatable bonds is 6. The van der Waals surface area contributed by atoms with E-state index in [4.69, 9.17) is 0 Å². The van der Waals surface area contributed by atoms with Crippen molar-refractivity contribution in [1.82, 2.24) is 10.2 Å². The molecule has 120 valence electrons. The van der Waals surface area contributed by atoms with Crippen LogP contribution < -0.4 is 5.32 Å². The monoisotopic (exact) mass is 294 g/mol. The number of alkyl halides is 3. The van der Waals surface area contributed by atoms with Gasteiger partial charge < -0.3 is 5.32 Å². The molecule has 1 fully saturated rings. The lowest BCUT2D eigenvalue weighted by Gasteiger charge is -2.39. The molecule has 0 bridgehead atoms. The standard InChI is InChI=1S/C15H29F3N2/c1-3-11-20(12-15(16,17)18)14-10-8-6-5-7-9-13(14)19-4-2/h13-14,19H,3-12H2,1-2H3. The molecule has 1 aliphatic carbocycles. The van der Waals surface area contributed by atoms with Crippen molar-refractivity contribution in [3.63, 3.8) is 0 Å². The van der Waals surface area contributed by atoms with Gasteiger partial charge in [0.25, 0.3) is 0 Å². The molecule has 0 saturated heterocycles. The number of hydrogen-bond acceptors (Lipinski definition) is 2. The SMILES string of the molecule is CCCN(CC(F)(F)F)C1CCCCCCC1NCC. The zero-order valence-corrected chi connectivity index (χ0v) is 12.8. The number of hydrogen-bond donors (Lipinski definition) is 1. The van der Waals surface area contributed by atoms with Crippen molar-refractivity contribution < 1.29 is 13.2 Å². The smallest absolute Gasteiger partial charge is 0.313 e. The third-order valence-corrected chi connectivity index (χ3v) is 4.06. The summed E-state index contributed by atoms with van der Waals surface area (Å²) in [6.45, 7) is 4.57. The fourth-order valence-corrected chi connectivity index (χ4v) is 3.28. The molecule has 2 unspecified atom stereocenters. The highest BCUT2D eigenvalue weighted by Gasteiger charge is 2.36. The van der Waals surface area contributed by atoms with E-state index in [1.807, 2.05) is 13.8 Å². The number of nitrogens with zero attached hydrogens (tertiary/aromatic N) is 1. The lowest BCUT2D eigenvalue weighted by molar-refractivity contribution is -0.153. The highest BCUT2D eigenvalue weighted by molar-refractivity contribution is 4.87. The summed E-state index contributed by atoms with van der Waals surface area (Å²) in [5, 5.41) is 3.42. The maximum Gasteiger partial charge on any atom is 0.401 e. The summed E-state index contributed by atoms with van der Waals surface area (Å²) in [5.41, 5.74) is 0. The van der Waals surface area contributed by atoms with Crippen molar-refractivity contribution in [3.8, 4) is 0 Å². The summed E-state index contributed by atoms with van der Waals surface area (Å²) in [6.07, 6.45) is 3.08. The summed E-state index contributed by atoms with van der Waals surface area (Å²) < 4.78 is 38.5. The molecule has 0 spiro atoms. The van der Waals surface area contributed by atoms with E-state index in [0.29, 0.717) is 6.54 Å². The zero-order valence-electron chi connectivity index (χ0n) is 12.8. The lowest BCUT2D eigenvalue weighted by atomic mass is 9.91. The molecule has 5 heteroatoms. The van der Waals surface area contributed by atoms with Crippen LogP contribution in [0.25, 0.3) is 0 Å². The normalized spacial score (nSPS) is 25.5. The second kappa shape index (κ2) is 8.88. The van der Waals surface area contributed by atoms with E-state index < -0.39 is 12.7 Å². The van der Waals surface area contributed by atoms with Crippen molar-refractivity contribution in [2.45, 2.75) is 77.1 Å². The van der Waals surface area contributed by atoms with Crippen molar-refractivity contribution >= 4 is 0 Å². The van der Waals surface area contributed by atoms with E-state index >= 15 is 0 Å². The maximum atomic E-state index is 12.8. The first-order valence-corrected chi connectivity index (χ1v) is 8.02. The summed E-state index contributed by atoms with van der Waals surface area (Å²) in [7, 11) is 0. The van der Waals surface area contributed by atoms with E-state index in [1.54, 1.807) is 4.90 Å². The second-order valence-electron chi connectivity index (χ2n) is 5.81. The van der Waals surface area contributed by atoms with Crippen molar-refractivity contribution in [3.05, 3.63) is 0 Å². The van der Waals surface area contributed by atoms with Gasteiger partial charge in [-0.25, -0.2) is 0 Å². The fraction of sp³-hybridized carbons (Fsp3) is 1.00. The topological polar surface area (TPSA) is 15.3 Å². The molecule has 1 N–H and O–H groups in total. The molecule has 0 aliphatic heterocycles. The van der Waals surface area contributed by atoms with E-state index in [0.717, 1.165) is 45.1 Å². The van der Waals surface area contributed by atoms with Crippen LogP contribution in [0.4, 0.5) is 13.2 Å². The third-order valence-electron chi connectivity index (χ3n) is 4.06. The van der Waals surface area contributed by atoms with Crippen LogP contribution in [0.1, 0.15) is 58.8 Å². The Morgan fingerprint density at radius 1 is 1.05 bits per heavy atom. The van der Waals surface area contributed by atoms with Crippen LogP contribution in [0.5, 0.6) is 0 Å². The van der Waals surface area contributed by atoms with Gasteiger partial charge in [0.15, 0.2) is 0 Å². The van der Waals surface area contributed by atoms with Crippen molar-refractivity contribution in [2.75, 3.05) is 19.6 Å². The molecule has 1 saturated carbocycles. The Labute approximate surface area is 121 Å². The molecule has 0 aromatic carbocycles. The van der Waals surface area contributed by atoms with Crippen LogP contribution >= 0.6 is 0 Å². The van der Waals surface area contributed by atoms with Gasteiger partial charge >= 0.3 is 6.18 Å². The average molecular weight is 294 g/mol. The van der Waals surface area contributed by atoms with Crippen LogP contribution in [0.15, 0.2) is 0 Å². The van der Waals surface area contributed by atoms with Gasteiger partial charge in [0.2, 0.25) is 0 Å². The highest BCUT2D eigenvalue weighted by atomic mass is 19.4. The zero-order chi connectivity index (χ0) is 15.0. The van der Waals surface area contributed by atoms with Crippen LogP contribution in [-0.4, -0.2) is 42.8 Å². The quantitative estimate of drug-likeness (QED) is 0.797. The van der Waals surface area contributed by atoms with Gasteiger partial charge in [0, 0.05) is 12.1 Å². The Morgan fingerprint density at radius 3 is 2.25 bits per heavy atom. The van der Waals surface area contributed by atoms with Crippen LogP contribution in [0, 0.1) is 0 Å². The third kappa shape index (κ3) is 6.44. The van der Waals surface area contributed by atoms with E-state index in [1.165, 1.54) is 6.42 Å². The molecule has 0 radical (unpaired) electrons. The summed E-state index contributed by atoms with van der Waals surface area (Å²) >= 11 is 0. The number of halogens is 3. The van der Waals surface area contributed by atoms with Gasteiger partial charge in [0.05, 0.1) is 6.54 Å². The largest absolute Gasteiger partial charge is 0.401 e. The molecular weight excluding hydrogens is 265 g/mol. The lowest BCUT2D eigenvalue weighted by Crippen LogP contribution is -2.53. The second-order valence-corrected chi connectivity index (χ2v) is 5.81. The Bertz CT molecular complexity index is 256. The van der Waals surface area contributed by atoms with Gasteiger partial charge in [-0.2, -0.15) is 13.2 Å². The maximum absolute atomic E-state index is 12.8. The molecule has 20 heavy (non-hydrogen) atoms. The highest BCUT2D eigenvalue weighted by Crippen LogP contribution is 2.26. The summed E-state index contributed by atoms with van der Waals surface area (Å²) in [4.78, 5) is 1.67. The molecule has 1 aliphatic rings. The molecule has 1 rings (SSSR count). The summed E-state index contributed by atoms with van der Waals surface area (Å²) in [5.74, 6) is 0. The Balaban J connectivity index is 2.78. The molecule has 0 amide bonds. The fourth-order valence-electron chi connectivity index (χ4n) is 3.28. The van der Waals surface area contributed by atoms with Gasteiger partial charge in [0.1, 0.15) is 0 Å². The van der Waals surface area contributed by atoms with Gasteiger partial charge in [-0.15, -0.1) is 0 Å². The van der Waals surface area contributed by atoms with E-state index in [-0.39, 0.29) is 12.1 Å². The molecule has 2 nitrogen and oxygen atoms in total. The van der Waals surface area contributed by atoms with E-state index in [9.17, 15) is 13.2 Å². The van der Waals surface area contributed by atoms with Crippen LogP contribution in [-0.2, 0) is 0 Å². The molecule has 2 atom stereocenters. The van der Waals surface area contributed by atoms with Crippen LogP contribution in [0.2, 0.25) is 0 Å². The molecular formula is C15H29F3N2. The Kier molecular flexibility index (Phi) is 7.88. The first-order chi connectivity index (χ1) is 9.48. The summed E-state index contributed by atoms with van der Waals surface area (Å²) in [6, 6.07) is 0.228.